The van der Waals surface area contributed by atoms with Crippen LogP contribution in [0.1, 0.15) is 5.69 Å². The van der Waals surface area contributed by atoms with Gasteiger partial charge in [0.25, 0.3) is 0 Å². The van der Waals surface area contributed by atoms with E-state index in [0.717, 1.165) is 22.7 Å². The fourth-order valence-corrected chi connectivity index (χ4v) is 1.72. The largest absolute Gasteiger partial charge is 0.487 e. The van der Waals surface area contributed by atoms with Gasteiger partial charge in [0.15, 0.2) is 0 Å². The Kier molecular flexibility index (Phi) is 3.23. The third kappa shape index (κ3) is 2.80. The maximum absolute atomic E-state index is 5.66. The molecule has 4 heteroatoms. The van der Waals surface area contributed by atoms with E-state index in [4.69, 9.17) is 9.26 Å². The molecule has 94 valence electrons. The third-order valence-electron chi connectivity index (χ3n) is 2.70. The van der Waals surface area contributed by atoms with Crippen molar-refractivity contribution in [2.45, 2.75) is 6.61 Å². The smallest absolute Gasteiger partial charge is 0.130 e. The summed E-state index contributed by atoms with van der Waals surface area (Å²) in [6.45, 7) is 0.462. The number of ether oxygens (including phenoxy) is 1. The molecule has 0 aliphatic rings. The molecule has 0 unspecified atom stereocenters. The molecule has 0 amide bonds. The van der Waals surface area contributed by atoms with Gasteiger partial charge in [0, 0.05) is 17.8 Å². The van der Waals surface area contributed by atoms with Gasteiger partial charge in [-0.3, -0.25) is 4.98 Å². The summed E-state index contributed by atoms with van der Waals surface area (Å²) in [5, 5.41) is 3.88. The summed E-state index contributed by atoms with van der Waals surface area (Å²) in [6, 6.07) is 15.3. The van der Waals surface area contributed by atoms with Gasteiger partial charge in [-0.2, -0.15) is 0 Å². The summed E-state index contributed by atoms with van der Waals surface area (Å²) in [4.78, 5) is 4.20. The Morgan fingerprint density at radius 3 is 2.58 bits per heavy atom. The quantitative estimate of drug-likeness (QED) is 0.714. The molecule has 2 aromatic heterocycles. The second-order valence-electron chi connectivity index (χ2n) is 4.02. The molecule has 3 aromatic rings. The summed E-state index contributed by atoms with van der Waals surface area (Å²) in [5.74, 6) is 0.804. The monoisotopic (exact) mass is 252 g/mol. The molecule has 4 nitrogen and oxygen atoms in total. The minimum Gasteiger partial charge on any atom is -0.487 e. The van der Waals surface area contributed by atoms with Gasteiger partial charge in [-0.15, -0.1) is 0 Å². The van der Waals surface area contributed by atoms with E-state index in [0.29, 0.717) is 6.61 Å². The molecule has 0 saturated carbocycles. The van der Waals surface area contributed by atoms with Crippen LogP contribution < -0.4 is 4.74 Å². The second-order valence-corrected chi connectivity index (χ2v) is 4.02. The third-order valence-corrected chi connectivity index (χ3v) is 2.70. The number of hydrogen-bond donors (Lipinski definition) is 0. The van der Waals surface area contributed by atoms with E-state index < -0.39 is 0 Å². The number of nitrogens with zero attached hydrogens (tertiary/aromatic N) is 2. The standard InChI is InChI=1S/C15H12N2O2/c1-2-9-16-13(3-1)11-18-14-6-4-12(5-7-14)15-8-10-19-17-15/h1-10H,11H2. The molecule has 0 aliphatic carbocycles. The Morgan fingerprint density at radius 1 is 1.00 bits per heavy atom. The molecule has 19 heavy (non-hydrogen) atoms. The van der Waals surface area contributed by atoms with Gasteiger partial charge in [-0.25, -0.2) is 0 Å². The molecule has 2 heterocycles. The lowest BCUT2D eigenvalue weighted by atomic mass is 10.1. The van der Waals surface area contributed by atoms with Crippen LogP contribution in [0.3, 0.4) is 0 Å². The topological polar surface area (TPSA) is 48.2 Å². The van der Waals surface area contributed by atoms with E-state index in [1.807, 2.05) is 48.5 Å². The van der Waals surface area contributed by atoms with E-state index in [1.165, 1.54) is 0 Å². The van der Waals surface area contributed by atoms with Gasteiger partial charge in [-0.05, 0) is 36.4 Å². The van der Waals surface area contributed by atoms with Crippen LogP contribution in [0.15, 0.2) is 65.5 Å². The van der Waals surface area contributed by atoms with Crippen molar-refractivity contribution in [3.8, 4) is 17.0 Å². The predicted octanol–water partition coefficient (Wildman–Crippen LogP) is 3.32. The lowest BCUT2D eigenvalue weighted by Crippen LogP contribution is -1.97. The van der Waals surface area contributed by atoms with Crippen LogP contribution in [0.2, 0.25) is 0 Å². The van der Waals surface area contributed by atoms with Crippen molar-refractivity contribution >= 4 is 0 Å². The molecule has 1 aromatic carbocycles. The highest BCUT2D eigenvalue weighted by Gasteiger charge is 2.01. The first-order valence-corrected chi connectivity index (χ1v) is 5.95. The molecule has 0 spiro atoms. The van der Waals surface area contributed by atoms with Gasteiger partial charge >= 0.3 is 0 Å². The summed E-state index contributed by atoms with van der Waals surface area (Å²) < 4.78 is 10.5. The number of rotatable bonds is 4. The highest BCUT2D eigenvalue weighted by atomic mass is 16.5. The zero-order valence-electron chi connectivity index (χ0n) is 10.2. The normalized spacial score (nSPS) is 10.3. The van der Waals surface area contributed by atoms with Crippen molar-refractivity contribution in [1.29, 1.82) is 0 Å². The van der Waals surface area contributed by atoms with Crippen molar-refractivity contribution in [2.24, 2.45) is 0 Å². The lowest BCUT2D eigenvalue weighted by molar-refractivity contribution is 0.301. The summed E-state index contributed by atoms with van der Waals surface area (Å²) in [5.41, 5.74) is 2.72. The van der Waals surface area contributed by atoms with Crippen molar-refractivity contribution in [3.63, 3.8) is 0 Å². The van der Waals surface area contributed by atoms with E-state index in [1.54, 1.807) is 12.5 Å². The number of hydrogen-bond acceptors (Lipinski definition) is 4. The van der Waals surface area contributed by atoms with Crippen LogP contribution >= 0.6 is 0 Å². The van der Waals surface area contributed by atoms with Gasteiger partial charge in [0.1, 0.15) is 24.3 Å². The Hall–Kier alpha value is -2.62. The number of pyridine rings is 1. The summed E-state index contributed by atoms with van der Waals surface area (Å²) >= 11 is 0. The van der Waals surface area contributed by atoms with Crippen LogP contribution in [0.25, 0.3) is 11.3 Å². The predicted molar refractivity (Wildman–Crippen MR) is 70.5 cm³/mol. The molecule has 3 rings (SSSR count). The van der Waals surface area contributed by atoms with E-state index in [2.05, 4.69) is 10.1 Å². The SMILES string of the molecule is c1ccc(COc2ccc(-c3ccon3)cc2)nc1. The number of aromatic nitrogens is 2. The maximum atomic E-state index is 5.66. The van der Waals surface area contributed by atoms with Crippen molar-refractivity contribution in [1.82, 2.24) is 10.1 Å². The Balaban J connectivity index is 1.67. The minimum absolute atomic E-state index is 0.462. The summed E-state index contributed by atoms with van der Waals surface area (Å²) in [6.07, 6.45) is 3.31. The molecule has 0 atom stereocenters. The van der Waals surface area contributed by atoms with Crippen LogP contribution in [0, 0.1) is 0 Å². The van der Waals surface area contributed by atoms with Crippen LogP contribution in [0.4, 0.5) is 0 Å². The first-order chi connectivity index (χ1) is 9.42. The first-order valence-electron chi connectivity index (χ1n) is 5.95. The Morgan fingerprint density at radius 2 is 1.89 bits per heavy atom. The van der Waals surface area contributed by atoms with Crippen LogP contribution in [0.5, 0.6) is 5.75 Å². The maximum Gasteiger partial charge on any atom is 0.130 e. The molecule has 0 fully saturated rings. The minimum atomic E-state index is 0.462. The fourth-order valence-electron chi connectivity index (χ4n) is 1.72. The van der Waals surface area contributed by atoms with Gasteiger partial charge < -0.3 is 9.26 Å². The molecule has 0 N–H and O–H groups in total. The van der Waals surface area contributed by atoms with Crippen LogP contribution in [-0.2, 0) is 6.61 Å². The second kappa shape index (κ2) is 5.35. The molecule has 0 aliphatic heterocycles. The highest BCUT2D eigenvalue weighted by molar-refractivity contribution is 5.58. The van der Waals surface area contributed by atoms with Gasteiger partial charge in [-0.1, -0.05) is 11.2 Å². The van der Waals surface area contributed by atoms with E-state index in [-0.39, 0.29) is 0 Å². The molecule has 0 radical (unpaired) electrons. The average Bonchev–Trinajstić information content (AvgIpc) is 3.01. The van der Waals surface area contributed by atoms with Gasteiger partial charge in [0.05, 0.1) is 5.69 Å². The van der Waals surface area contributed by atoms with E-state index >= 15 is 0 Å². The summed E-state index contributed by atoms with van der Waals surface area (Å²) in [7, 11) is 0. The molecular weight excluding hydrogens is 240 g/mol. The average molecular weight is 252 g/mol. The Bertz CT molecular complexity index is 619. The highest BCUT2D eigenvalue weighted by Crippen LogP contribution is 2.21. The zero-order chi connectivity index (χ0) is 12.9. The van der Waals surface area contributed by atoms with Gasteiger partial charge in [0.2, 0.25) is 0 Å². The van der Waals surface area contributed by atoms with Crippen molar-refractivity contribution in [2.75, 3.05) is 0 Å². The fraction of sp³-hybridized carbons (Fsp3) is 0.0667. The van der Waals surface area contributed by atoms with E-state index in [9.17, 15) is 0 Å². The lowest BCUT2D eigenvalue weighted by Gasteiger charge is -2.05. The van der Waals surface area contributed by atoms with Crippen molar-refractivity contribution in [3.05, 3.63) is 66.7 Å². The zero-order valence-corrected chi connectivity index (χ0v) is 10.2. The first kappa shape index (κ1) is 11.5. The molecule has 0 bridgehead atoms. The molecular formula is C15H12N2O2. The molecule has 0 saturated heterocycles. The Labute approximate surface area is 110 Å². The number of benzene rings is 1. The van der Waals surface area contributed by atoms with Crippen molar-refractivity contribution < 1.29 is 9.26 Å². The van der Waals surface area contributed by atoms with Crippen LogP contribution in [-0.4, -0.2) is 10.1 Å².